The van der Waals surface area contributed by atoms with Crippen LogP contribution in [0.15, 0.2) is 0 Å². The number of carbonyl (C=O) groups is 2. The Morgan fingerprint density at radius 2 is 2.20 bits per heavy atom. The number of rotatable bonds is 4. The maximum absolute atomic E-state index is 12.1. The van der Waals surface area contributed by atoms with E-state index in [4.69, 9.17) is 5.73 Å². The Balaban J connectivity index is 2.48. The van der Waals surface area contributed by atoms with Crippen LogP contribution in [0.5, 0.6) is 0 Å². The molecule has 1 unspecified atom stereocenters. The van der Waals surface area contributed by atoms with E-state index in [-0.39, 0.29) is 11.7 Å². The molecule has 1 aliphatic rings. The van der Waals surface area contributed by atoms with Gasteiger partial charge in [-0.3, -0.25) is 9.59 Å². The van der Waals surface area contributed by atoms with E-state index in [0.717, 1.165) is 24.5 Å². The molecule has 2 rings (SSSR count). The van der Waals surface area contributed by atoms with Crippen LogP contribution in [-0.4, -0.2) is 31.8 Å². The quantitative estimate of drug-likeness (QED) is 0.834. The van der Waals surface area contributed by atoms with Gasteiger partial charge in [-0.15, -0.1) is 11.3 Å². The molecule has 110 valence electrons. The minimum absolute atomic E-state index is 0.00357. The normalized spacial score (nSPS) is 18.4. The van der Waals surface area contributed by atoms with E-state index in [1.54, 1.807) is 14.0 Å². The highest BCUT2D eigenvalue weighted by Gasteiger charge is 2.30. The van der Waals surface area contributed by atoms with Crippen molar-refractivity contribution in [2.24, 2.45) is 5.92 Å². The van der Waals surface area contributed by atoms with Crippen LogP contribution in [0.3, 0.4) is 0 Å². The van der Waals surface area contributed by atoms with Crippen molar-refractivity contribution >= 4 is 33.7 Å². The number of anilines is 2. The Kier molecular flexibility index (Phi) is 4.32. The number of Topliss-reactive ketones (excluding diaryl/α,β-unsaturated/α-hetero) is 1. The summed E-state index contributed by atoms with van der Waals surface area (Å²) >= 11 is 1.35. The summed E-state index contributed by atoms with van der Waals surface area (Å²) in [6.45, 7) is 5.81. The van der Waals surface area contributed by atoms with Crippen molar-refractivity contribution in [2.75, 3.05) is 30.8 Å². The maximum Gasteiger partial charge on any atom is 0.256 e. The molecule has 0 aliphatic carbocycles. The van der Waals surface area contributed by atoms with Gasteiger partial charge in [0, 0.05) is 26.6 Å². The molecule has 1 amide bonds. The number of nitrogens with one attached hydrogen (secondary N) is 1. The van der Waals surface area contributed by atoms with Crippen LogP contribution in [0.25, 0.3) is 0 Å². The van der Waals surface area contributed by atoms with Gasteiger partial charge in [0.15, 0.2) is 5.78 Å². The Bertz CT molecular complexity index is 539. The Morgan fingerprint density at radius 1 is 1.50 bits per heavy atom. The van der Waals surface area contributed by atoms with Crippen molar-refractivity contribution < 1.29 is 9.59 Å². The molecule has 6 heteroatoms. The van der Waals surface area contributed by atoms with Crippen LogP contribution in [0.2, 0.25) is 0 Å². The van der Waals surface area contributed by atoms with Gasteiger partial charge in [-0.1, -0.05) is 13.8 Å². The standard InChI is InChI=1S/C14H21N3O2S/c1-4-9(18)12-11(15)10(13(19)16-3)14(20-12)17-6-5-8(2)7-17/h8H,4-7,15H2,1-3H3,(H,16,19). The number of amides is 1. The highest BCUT2D eigenvalue weighted by Crippen LogP contribution is 2.40. The molecule has 20 heavy (non-hydrogen) atoms. The van der Waals surface area contributed by atoms with Gasteiger partial charge in [0.1, 0.15) is 5.00 Å². The van der Waals surface area contributed by atoms with Gasteiger partial charge in [0.2, 0.25) is 0 Å². The van der Waals surface area contributed by atoms with Crippen LogP contribution in [0.1, 0.15) is 46.7 Å². The largest absolute Gasteiger partial charge is 0.397 e. The van der Waals surface area contributed by atoms with Gasteiger partial charge in [0.25, 0.3) is 5.91 Å². The molecule has 0 radical (unpaired) electrons. The monoisotopic (exact) mass is 295 g/mol. The molecule has 0 bridgehead atoms. The molecule has 1 saturated heterocycles. The van der Waals surface area contributed by atoms with E-state index in [0.29, 0.717) is 28.5 Å². The summed E-state index contributed by atoms with van der Waals surface area (Å²) in [5.74, 6) is 0.376. The van der Waals surface area contributed by atoms with Crippen molar-refractivity contribution in [3.8, 4) is 0 Å². The molecule has 5 nitrogen and oxygen atoms in total. The van der Waals surface area contributed by atoms with Crippen LogP contribution in [-0.2, 0) is 0 Å². The number of carbonyl (C=O) groups excluding carboxylic acids is 2. The molecule has 1 aromatic heterocycles. The highest BCUT2D eigenvalue weighted by molar-refractivity contribution is 7.19. The summed E-state index contributed by atoms with van der Waals surface area (Å²) in [7, 11) is 1.58. The minimum atomic E-state index is -0.219. The van der Waals surface area contributed by atoms with E-state index in [2.05, 4.69) is 17.1 Å². The van der Waals surface area contributed by atoms with Crippen LogP contribution >= 0.6 is 11.3 Å². The SMILES string of the molecule is CCC(=O)c1sc(N2CCC(C)C2)c(C(=O)NC)c1N. The Labute approximate surface area is 123 Å². The summed E-state index contributed by atoms with van der Waals surface area (Å²) in [5.41, 5.74) is 6.85. The fourth-order valence-electron chi connectivity index (χ4n) is 2.49. The molecule has 1 atom stereocenters. The molecule has 1 aromatic rings. The zero-order chi connectivity index (χ0) is 14.9. The van der Waals surface area contributed by atoms with Crippen LogP contribution in [0, 0.1) is 5.92 Å². The van der Waals surface area contributed by atoms with Gasteiger partial charge in [-0.2, -0.15) is 0 Å². The third-order valence-corrected chi connectivity index (χ3v) is 4.97. The van der Waals surface area contributed by atoms with Gasteiger partial charge in [-0.05, 0) is 12.3 Å². The van der Waals surface area contributed by atoms with E-state index >= 15 is 0 Å². The first-order valence-electron chi connectivity index (χ1n) is 6.92. The number of nitrogen functional groups attached to an aromatic ring is 1. The first-order valence-corrected chi connectivity index (χ1v) is 7.73. The lowest BCUT2D eigenvalue weighted by atomic mass is 10.1. The molecule has 0 saturated carbocycles. The van der Waals surface area contributed by atoms with Crippen LogP contribution in [0.4, 0.5) is 10.7 Å². The fourth-order valence-corrected chi connectivity index (χ4v) is 3.75. The summed E-state index contributed by atoms with van der Waals surface area (Å²) in [4.78, 5) is 26.7. The molecule has 1 fully saturated rings. The zero-order valence-electron chi connectivity index (χ0n) is 12.2. The molecule has 0 aromatic carbocycles. The lowest BCUT2D eigenvalue weighted by molar-refractivity contribution is 0.0964. The smallest absolute Gasteiger partial charge is 0.256 e. The second-order valence-corrected chi connectivity index (χ2v) is 6.22. The minimum Gasteiger partial charge on any atom is -0.397 e. The van der Waals surface area contributed by atoms with Gasteiger partial charge in [-0.25, -0.2) is 0 Å². The van der Waals surface area contributed by atoms with Crippen molar-refractivity contribution in [1.82, 2.24) is 5.32 Å². The topological polar surface area (TPSA) is 75.4 Å². The molecule has 3 N–H and O–H groups in total. The van der Waals surface area contributed by atoms with E-state index in [1.165, 1.54) is 11.3 Å². The van der Waals surface area contributed by atoms with Crippen molar-refractivity contribution in [2.45, 2.75) is 26.7 Å². The zero-order valence-corrected chi connectivity index (χ0v) is 13.0. The fraction of sp³-hybridized carbons (Fsp3) is 0.571. The third kappa shape index (κ3) is 2.52. The lowest BCUT2D eigenvalue weighted by Gasteiger charge is -2.17. The molecular formula is C14H21N3O2S. The van der Waals surface area contributed by atoms with Crippen molar-refractivity contribution in [1.29, 1.82) is 0 Å². The second-order valence-electron chi connectivity index (χ2n) is 5.22. The van der Waals surface area contributed by atoms with Gasteiger partial charge < -0.3 is 16.0 Å². The molecule has 1 aliphatic heterocycles. The predicted octanol–water partition coefficient (Wildman–Crippen LogP) is 2.13. The number of hydrogen-bond acceptors (Lipinski definition) is 5. The average Bonchev–Trinajstić information content (AvgIpc) is 3.01. The van der Waals surface area contributed by atoms with E-state index < -0.39 is 0 Å². The number of ketones is 1. The Morgan fingerprint density at radius 3 is 2.70 bits per heavy atom. The summed E-state index contributed by atoms with van der Waals surface area (Å²) in [6, 6.07) is 0. The average molecular weight is 295 g/mol. The van der Waals surface area contributed by atoms with Crippen molar-refractivity contribution in [3.63, 3.8) is 0 Å². The number of thiophene rings is 1. The van der Waals surface area contributed by atoms with E-state index in [9.17, 15) is 9.59 Å². The molecule has 2 heterocycles. The van der Waals surface area contributed by atoms with Crippen LogP contribution < -0.4 is 16.0 Å². The summed E-state index contributed by atoms with van der Waals surface area (Å²) in [5, 5.41) is 3.45. The number of hydrogen-bond donors (Lipinski definition) is 2. The first-order chi connectivity index (χ1) is 9.49. The summed E-state index contributed by atoms with van der Waals surface area (Å²) < 4.78 is 0. The second kappa shape index (κ2) is 5.83. The lowest BCUT2D eigenvalue weighted by Crippen LogP contribution is -2.24. The van der Waals surface area contributed by atoms with E-state index in [1.807, 2.05) is 0 Å². The predicted molar refractivity (Wildman–Crippen MR) is 82.7 cm³/mol. The number of nitrogens with two attached hydrogens (primary N) is 1. The highest BCUT2D eigenvalue weighted by atomic mass is 32.1. The molecule has 0 spiro atoms. The number of nitrogens with zero attached hydrogens (tertiary/aromatic N) is 1. The van der Waals surface area contributed by atoms with Gasteiger partial charge >= 0.3 is 0 Å². The Hall–Kier alpha value is -1.56. The molecular weight excluding hydrogens is 274 g/mol. The summed E-state index contributed by atoms with van der Waals surface area (Å²) in [6.07, 6.45) is 1.50. The third-order valence-electron chi connectivity index (χ3n) is 3.67. The first kappa shape index (κ1) is 14.8. The van der Waals surface area contributed by atoms with Crippen molar-refractivity contribution in [3.05, 3.63) is 10.4 Å². The maximum atomic E-state index is 12.1. The van der Waals surface area contributed by atoms with Gasteiger partial charge in [0.05, 0.1) is 16.1 Å².